The Hall–Kier alpha value is -2.72. The van der Waals surface area contributed by atoms with Gasteiger partial charge in [-0.15, -0.1) is 0 Å². The molecule has 7 nitrogen and oxygen atoms in total. The zero-order valence-corrected chi connectivity index (χ0v) is 14.8. The lowest BCUT2D eigenvalue weighted by Crippen LogP contribution is -2.63. The molecule has 0 bridgehead atoms. The van der Waals surface area contributed by atoms with Crippen LogP contribution in [0.5, 0.6) is 0 Å². The molecule has 0 spiro atoms. The predicted octanol–water partition coefficient (Wildman–Crippen LogP) is 1.89. The molecule has 0 saturated carbocycles. The second-order valence-electron chi connectivity index (χ2n) is 6.60. The lowest BCUT2D eigenvalue weighted by molar-refractivity contribution is -0.128. The van der Waals surface area contributed by atoms with Gasteiger partial charge in [-0.1, -0.05) is 0 Å². The number of fused-ring (bicyclic) bond motifs is 1. The minimum atomic E-state index is -0.471. The van der Waals surface area contributed by atoms with Crippen LogP contribution < -0.4 is 16.0 Å². The Kier molecular flexibility index (Phi) is 4.55. The first-order valence-electron chi connectivity index (χ1n) is 8.34. The molecule has 25 heavy (non-hydrogen) atoms. The van der Waals surface area contributed by atoms with Crippen molar-refractivity contribution in [1.29, 1.82) is 5.26 Å². The van der Waals surface area contributed by atoms with Gasteiger partial charge in [0.15, 0.2) is 6.29 Å². The molecule has 3 atom stereocenters. The summed E-state index contributed by atoms with van der Waals surface area (Å²) < 4.78 is 0. The number of anilines is 1. The third kappa shape index (κ3) is 3.39. The predicted molar refractivity (Wildman–Crippen MR) is 95.6 cm³/mol. The van der Waals surface area contributed by atoms with E-state index >= 15 is 0 Å². The van der Waals surface area contributed by atoms with E-state index in [9.17, 15) is 4.79 Å². The van der Waals surface area contributed by atoms with Crippen LogP contribution >= 0.6 is 0 Å². The molecule has 1 amide bonds. The third-order valence-electron chi connectivity index (χ3n) is 4.74. The standard InChI is InChI=1S/C18H22N6O/c1-9-7-14-12(4)21-17(22-15(14)8-10(9)2)24-18-20-11(3)13(5-6-19)16(25)23-18/h7-8,11,13,18,20H,5H2,1-4H3,(H,23,25)(H,21,22,24). The van der Waals surface area contributed by atoms with E-state index in [2.05, 4.69) is 51.9 Å². The normalized spacial score (nSPS) is 23.2. The summed E-state index contributed by atoms with van der Waals surface area (Å²) in [5, 5.41) is 19.1. The molecule has 3 N–H and O–H groups in total. The van der Waals surface area contributed by atoms with Gasteiger partial charge in [-0.25, -0.2) is 9.97 Å². The monoisotopic (exact) mass is 338 g/mol. The van der Waals surface area contributed by atoms with Crippen LogP contribution in [0.3, 0.4) is 0 Å². The third-order valence-corrected chi connectivity index (χ3v) is 4.74. The molecule has 1 fully saturated rings. The highest BCUT2D eigenvalue weighted by molar-refractivity contribution is 5.84. The summed E-state index contributed by atoms with van der Waals surface area (Å²) >= 11 is 0. The fourth-order valence-electron chi connectivity index (χ4n) is 3.08. The number of amides is 1. The van der Waals surface area contributed by atoms with Crippen molar-refractivity contribution in [3.63, 3.8) is 0 Å². The van der Waals surface area contributed by atoms with Crippen molar-refractivity contribution in [3.8, 4) is 6.07 Å². The molecule has 1 saturated heterocycles. The van der Waals surface area contributed by atoms with Crippen LogP contribution in [0.1, 0.15) is 30.2 Å². The smallest absolute Gasteiger partial charge is 0.228 e. The molecule has 1 aliphatic heterocycles. The zero-order valence-electron chi connectivity index (χ0n) is 14.8. The molecule has 0 radical (unpaired) electrons. The highest BCUT2D eigenvalue weighted by atomic mass is 16.2. The molecule has 1 aromatic carbocycles. The summed E-state index contributed by atoms with van der Waals surface area (Å²) in [4.78, 5) is 21.3. The molecular weight excluding hydrogens is 316 g/mol. The molecule has 7 heteroatoms. The van der Waals surface area contributed by atoms with Gasteiger partial charge in [0.05, 0.1) is 23.2 Å². The van der Waals surface area contributed by atoms with Crippen LogP contribution in [0.15, 0.2) is 12.1 Å². The molecule has 2 aromatic rings. The average molecular weight is 338 g/mol. The van der Waals surface area contributed by atoms with Crippen LogP contribution in [0.2, 0.25) is 0 Å². The molecular formula is C18H22N6O. The van der Waals surface area contributed by atoms with Gasteiger partial charge < -0.3 is 10.6 Å². The van der Waals surface area contributed by atoms with Gasteiger partial charge in [-0.2, -0.15) is 5.26 Å². The number of rotatable bonds is 3. The number of nitriles is 1. The fraction of sp³-hybridized carbons (Fsp3) is 0.444. The van der Waals surface area contributed by atoms with Gasteiger partial charge in [-0.05, 0) is 51.0 Å². The van der Waals surface area contributed by atoms with Crippen molar-refractivity contribution in [1.82, 2.24) is 20.6 Å². The Morgan fingerprint density at radius 3 is 2.64 bits per heavy atom. The first-order valence-corrected chi connectivity index (χ1v) is 8.34. The van der Waals surface area contributed by atoms with Gasteiger partial charge in [0.1, 0.15) is 0 Å². The summed E-state index contributed by atoms with van der Waals surface area (Å²) in [6.07, 6.45) is -0.280. The Morgan fingerprint density at radius 2 is 1.96 bits per heavy atom. The summed E-state index contributed by atoms with van der Waals surface area (Å²) in [7, 11) is 0. The number of hydrogen-bond donors (Lipinski definition) is 3. The van der Waals surface area contributed by atoms with E-state index in [1.54, 1.807) is 0 Å². The number of nitrogens with one attached hydrogen (secondary N) is 3. The number of nitrogens with zero attached hydrogens (tertiary/aromatic N) is 3. The number of hydrogen-bond acceptors (Lipinski definition) is 6. The van der Waals surface area contributed by atoms with Crippen molar-refractivity contribution >= 4 is 22.8 Å². The first-order chi connectivity index (χ1) is 11.9. The Bertz CT molecular complexity index is 872. The molecule has 3 rings (SSSR count). The average Bonchev–Trinajstić information content (AvgIpc) is 2.53. The number of aromatic nitrogens is 2. The van der Waals surface area contributed by atoms with Gasteiger partial charge in [-0.3, -0.25) is 10.1 Å². The molecule has 1 aliphatic rings. The molecule has 2 heterocycles. The van der Waals surface area contributed by atoms with E-state index in [0.29, 0.717) is 5.95 Å². The Labute approximate surface area is 146 Å². The SMILES string of the molecule is Cc1cc2nc(NC3NC(=O)C(CC#N)C(C)N3)nc(C)c2cc1C. The van der Waals surface area contributed by atoms with Crippen molar-refractivity contribution in [2.75, 3.05) is 5.32 Å². The van der Waals surface area contributed by atoms with Gasteiger partial charge in [0, 0.05) is 17.8 Å². The number of aryl methyl sites for hydroxylation is 3. The van der Waals surface area contributed by atoms with Crippen LogP contribution in [-0.4, -0.2) is 28.2 Å². The second-order valence-corrected chi connectivity index (χ2v) is 6.60. The van der Waals surface area contributed by atoms with Crippen LogP contribution in [0, 0.1) is 38.0 Å². The van der Waals surface area contributed by atoms with E-state index in [0.717, 1.165) is 16.6 Å². The van der Waals surface area contributed by atoms with E-state index in [4.69, 9.17) is 5.26 Å². The summed E-state index contributed by atoms with van der Waals surface area (Å²) in [6, 6.07) is 6.08. The highest BCUT2D eigenvalue weighted by Crippen LogP contribution is 2.22. The fourth-order valence-corrected chi connectivity index (χ4v) is 3.08. The Morgan fingerprint density at radius 1 is 1.24 bits per heavy atom. The molecule has 0 aliphatic carbocycles. The maximum absolute atomic E-state index is 12.2. The van der Waals surface area contributed by atoms with Crippen molar-refractivity contribution in [2.45, 2.75) is 46.4 Å². The molecule has 130 valence electrons. The van der Waals surface area contributed by atoms with E-state index < -0.39 is 6.29 Å². The largest absolute Gasteiger partial charge is 0.323 e. The van der Waals surface area contributed by atoms with Crippen molar-refractivity contribution in [3.05, 3.63) is 29.0 Å². The zero-order chi connectivity index (χ0) is 18.1. The Balaban J connectivity index is 1.83. The lowest BCUT2D eigenvalue weighted by atomic mass is 9.95. The van der Waals surface area contributed by atoms with Gasteiger partial charge >= 0.3 is 0 Å². The number of benzene rings is 1. The number of carbonyl (C=O) groups excluding carboxylic acids is 1. The summed E-state index contributed by atoms with van der Waals surface area (Å²) in [6.45, 7) is 7.97. The summed E-state index contributed by atoms with van der Waals surface area (Å²) in [5.74, 6) is -0.0424. The number of carbonyl (C=O) groups is 1. The topological polar surface area (TPSA) is 103 Å². The molecule has 1 aromatic heterocycles. The van der Waals surface area contributed by atoms with Gasteiger partial charge in [0.25, 0.3) is 0 Å². The van der Waals surface area contributed by atoms with E-state index in [-0.39, 0.29) is 24.3 Å². The summed E-state index contributed by atoms with van der Waals surface area (Å²) in [5.41, 5.74) is 4.14. The van der Waals surface area contributed by atoms with Crippen LogP contribution in [0.4, 0.5) is 5.95 Å². The minimum Gasteiger partial charge on any atom is -0.323 e. The van der Waals surface area contributed by atoms with Crippen molar-refractivity contribution in [2.24, 2.45) is 5.92 Å². The highest BCUT2D eigenvalue weighted by Gasteiger charge is 2.33. The minimum absolute atomic E-state index is 0.114. The van der Waals surface area contributed by atoms with Crippen LogP contribution in [0.25, 0.3) is 10.9 Å². The molecule has 3 unspecified atom stereocenters. The lowest BCUT2D eigenvalue weighted by Gasteiger charge is -2.35. The van der Waals surface area contributed by atoms with Crippen molar-refractivity contribution < 1.29 is 4.79 Å². The maximum atomic E-state index is 12.2. The van der Waals surface area contributed by atoms with E-state index in [1.165, 1.54) is 11.1 Å². The van der Waals surface area contributed by atoms with Gasteiger partial charge in [0.2, 0.25) is 11.9 Å². The van der Waals surface area contributed by atoms with E-state index in [1.807, 2.05) is 19.9 Å². The first kappa shape index (κ1) is 17.1. The van der Waals surface area contributed by atoms with Crippen LogP contribution in [-0.2, 0) is 4.79 Å². The quantitative estimate of drug-likeness (QED) is 0.790. The second kappa shape index (κ2) is 6.65. The maximum Gasteiger partial charge on any atom is 0.228 e.